The number of aromatic nitrogens is 1. The van der Waals surface area contributed by atoms with Crippen LogP contribution in [0.25, 0.3) is 0 Å². The Morgan fingerprint density at radius 1 is 1.00 bits per heavy atom. The summed E-state index contributed by atoms with van der Waals surface area (Å²) in [6.45, 7) is 5.00. The molecule has 1 aliphatic rings. The van der Waals surface area contributed by atoms with Crippen molar-refractivity contribution in [1.29, 1.82) is 0 Å². The standard InChI is InChI=1S/C19H24N4O/c24-19(21-15-18-8-4-9-20-14-18)23-11-5-10-22(12-13-23)16-17-6-2-1-3-7-17/h1-4,6-9,14H,5,10-13,15-16H2,(H,21,24). The van der Waals surface area contributed by atoms with Gasteiger partial charge in [0, 0.05) is 51.7 Å². The van der Waals surface area contributed by atoms with Crippen LogP contribution in [0.3, 0.4) is 0 Å². The van der Waals surface area contributed by atoms with Crippen LogP contribution in [0.15, 0.2) is 54.9 Å². The molecule has 1 N–H and O–H groups in total. The molecular formula is C19H24N4O. The minimum absolute atomic E-state index is 0.0143. The second-order valence-corrected chi connectivity index (χ2v) is 6.12. The Bertz CT molecular complexity index is 632. The molecule has 2 heterocycles. The van der Waals surface area contributed by atoms with Crippen molar-refractivity contribution in [2.75, 3.05) is 26.2 Å². The summed E-state index contributed by atoms with van der Waals surface area (Å²) in [4.78, 5) is 20.8. The lowest BCUT2D eigenvalue weighted by Crippen LogP contribution is -2.41. The molecule has 0 aliphatic carbocycles. The second kappa shape index (κ2) is 8.45. The van der Waals surface area contributed by atoms with Crippen molar-refractivity contribution >= 4 is 6.03 Å². The Labute approximate surface area is 143 Å². The average Bonchev–Trinajstić information content (AvgIpc) is 2.87. The smallest absolute Gasteiger partial charge is 0.317 e. The van der Waals surface area contributed by atoms with Crippen LogP contribution in [-0.2, 0) is 13.1 Å². The zero-order chi connectivity index (χ0) is 16.6. The SMILES string of the molecule is O=C(NCc1cccnc1)N1CCCN(Cc2ccccc2)CC1. The highest BCUT2D eigenvalue weighted by atomic mass is 16.2. The number of carbonyl (C=O) groups excluding carboxylic acids is 1. The van der Waals surface area contributed by atoms with Crippen LogP contribution in [-0.4, -0.2) is 47.0 Å². The first kappa shape index (κ1) is 16.5. The van der Waals surface area contributed by atoms with E-state index in [0.717, 1.165) is 44.7 Å². The van der Waals surface area contributed by atoms with Crippen molar-refractivity contribution in [1.82, 2.24) is 20.1 Å². The third-order valence-corrected chi connectivity index (χ3v) is 4.29. The van der Waals surface area contributed by atoms with Crippen molar-refractivity contribution < 1.29 is 4.79 Å². The van der Waals surface area contributed by atoms with E-state index in [2.05, 4.69) is 39.5 Å². The number of benzene rings is 1. The van der Waals surface area contributed by atoms with Crippen LogP contribution >= 0.6 is 0 Å². The van der Waals surface area contributed by atoms with Crippen molar-refractivity contribution in [2.45, 2.75) is 19.5 Å². The molecule has 2 aromatic rings. The minimum atomic E-state index is 0.0143. The van der Waals surface area contributed by atoms with E-state index in [1.54, 1.807) is 12.4 Å². The minimum Gasteiger partial charge on any atom is -0.334 e. The fourth-order valence-corrected chi connectivity index (χ4v) is 2.97. The molecule has 0 saturated carbocycles. The first-order valence-electron chi connectivity index (χ1n) is 8.49. The van der Waals surface area contributed by atoms with Gasteiger partial charge in [-0.15, -0.1) is 0 Å². The van der Waals surface area contributed by atoms with Crippen LogP contribution in [0.2, 0.25) is 0 Å². The molecule has 0 atom stereocenters. The molecule has 5 nitrogen and oxygen atoms in total. The molecule has 1 aromatic heterocycles. The van der Waals surface area contributed by atoms with Gasteiger partial charge in [0.05, 0.1) is 0 Å². The summed E-state index contributed by atoms with van der Waals surface area (Å²) in [6, 6.07) is 14.4. The molecule has 5 heteroatoms. The number of urea groups is 1. The molecule has 0 unspecified atom stereocenters. The highest BCUT2D eigenvalue weighted by molar-refractivity contribution is 5.74. The lowest BCUT2D eigenvalue weighted by atomic mass is 10.2. The normalized spacial score (nSPS) is 15.8. The quantitative estimate of drug-likeness (QED) is 0.940. The maximum Gasteiger partial charge on any atom is 0.317 e. The zero-order valence-electron chi connectivity index (χ0n) is 13.9. The summed E-state index contributed by atoms with van der Waals surface area (Å²) in [7, 11) is 0. The molecule has 1 aliphatic heterocycles. The molecule has 126 valence electrons. The molecular weight excluding hydrogens is 300 g/mol. The van der Waals surface area contributed by atoms with E-state index in [-0.39, 0.29) is 6.03 Å². The molecule has 1 saturated heterocycles. The van der Waals surface area contributed by atoms with Gasteiger partial charge in [-0.3, -0.25) is 9.88 Å². The maximum absolute atomic E-state index is 12.4. The molecule has 3 rings (SSSR count). The lowest BCUT2D eigenvalue weighted by Gasteiger charge is -2.22. The number of hydrogen-bond acceptors (Lipinski definition) is 3. The van der Waals surface area contributed by atoms with E-state index >= 15 is 0 Å². The first-order valence-corrected chi connectivity index (χ1v) is 8.49. The predicted octanol–water partition coefficient (Wildman–Crippen LogP) is 2.50. The van der Waals surface area contributed by atoms with E-state index < -0.39 is 0 Å². The third kappa shape index (κ3) is 4.80. The van der Waals surface area contributed by atoms with Gasteiger partial charge >= 0.3 is 6.03 Å². The van der Waals surface area contributed by atoms with Crippen molar-refractivity contribution in [3.63, 3.8) is 0 Å². The molecule has 0 spiro atoms. The van der Waals surface area contributed by atoms with Gasteiger partial charge in [-0.05, 0) is 23.6 Å². The molecule has 2 amide bonds. The highest BCUT2D eigenvalue weighted by Gasteiger charge is 2.18. The molecule has 0 bridgehead atoms. The van der Waals surface area contributed by atoms with Gasteiger partial charge < -0.3 is 10.2 Å². The topological polar surface area (TPSA) is 48.5 Å². The molecule has 0 radical (unpaired) electrons. The Hall–Kier alpha value is -2.40. The van der Waals surface area contributed by atoms with Gasteiger partial charge in [0.25, 0.3) is 0 Å². The van der Waals surface area contributed by atoms with E-state index in [0.29, 0.717) is 6.54 Å². The van der Waals surface area contributed by atoms with Gasteiger partial charge in [0.15, 0.2) is 0 Å². The predicted molar refractivity (Wildman–Crippen MR) is 94.4 cm³/mol. The summed E-state index contributed by atoms with van der Waals surface area (Å²) >= 11 is 0. The van der Waals surface area contributed by atoms with E-state index in [4.69, 9.17) is 0 Å². The number of nitrogens with zero attached hydrogens (tertiary/aromatic N) is 3. The molecule has 24 heavy (non-hydrogen) atoms. The summed E-state index contributed by atoms with van der Waals surface area (Å²) in [5.74, 6) is 0. The average molecular weight is 324 g/mol. The van der Waals surface area contributed by atoms with Crippen LogP contribution in [0.4, 0.5) is 4.79 Å². The molecule has 1 aromatic carbocycles. The van der Waals surface area contributed by atoms with Crippen molar-refractivity contribution in [3.05, 3.63) is 66.0 Å². The lowest BCUT2D eigenvalue weighted by molar-refractivity contribution is 0.197. The zero-order valence-corrected chi connectivity index (χ0v) is 13.9. The number of hydrogen-bond donors (Lipinski definition) is 1. The number of rotatable bonds is 4. The van der Waals surface area contributed by atoms with Gasteiger partial charge in [-0.25, -0.2) is 4.79 Å². The molecule has 1 fully saturated rings. The monoisotopic (exact) mass is 324 g/mol. The van der Waals surface area contributed by atoms with Crippen molar-refractivity contribution in [3.8, 4) is 0 Å². The van der Waals surface area contributed by atoms with E-state index in [1.165, 1.54) is 5.56 Å². The van der Waals surface area contributed by atoms with Crippen LogP contribution in [0, 0.1) is 0 Å². The van der Waals surface area contributed by atoms with Gasteiger partial charge in [0.1, 0.15) is 0 Å². The number of nitrogens with one attached hydrogen (secondary N) is 1. The van der Waals surface area contributed by atoms with Crippen LogP contribution < -0.4 is 5.32 Å². The first-order chi connectivity index (χ1) is 11.8. The van der Waals surface area contributed by atoms with E-state index in [1.807, 2.05) is 23.1 Å². The second-order valence-electron chi connectivity index (χ2n) is 6.12. The number of carbonyl (C=O) groups is 1. The fourth-order valence-electron chi connectivity index (χ4n) is 2.97. The summed E-state index contributed by atoms with van der Waals surface area (Å²) in [6.07, 6.45) is 4.53. The largest absolute Gasteiger partial charge is 0.334 e. The fraction of sp³-hybridized carbons (Fsp3) is 0.368. The van der Waals surface area contributed by atoms with Crippen LogP contribution in [0.1, 0.15) is 17.5 Å². The van der Waals surface area contributed by atoms with E-state index in [9.17, 15) is 4.79 Å². The number of amides is 2. The number of pyridine rings is 1. The summed E-state index contributed by atoms with van der Waals surface area (Å²) in [5, 5.41) is 2.99. The maximum atomic E-state index is 12.4. The highest BCUT2D eigenvalue weighted by Crippen LogP contribution is 2.09. The Kier molecular flexibility index (Phi) is 5.80. The Morgan fingerprint density at radius 3 is 2.62 bits per heavy atom. The van der Waals surface area contributed by atoms with Crippen LogP contribution in [0.5, 0.6) is 0 Å². The third-order valence-electron chi connectivity index (χ3n) is 4.29. The Morgan fingerprint density at radius 2 is 1.83 bits per heavy atom. The van der Waals surface area contributed by atoms with Crippen molar-refractivity contribution in [2.24, 2.45) is 0 Å². The summed E-state index contributed by atoms with van der Waals surface area (Å²) in [5.41, 5.74) is 2.35. The van der Waals surface area contributed by atoms with Gasteiger partial charge in [-0.2, -0.15) is 0 Å². The Balaban J connectivity index is 1.47. The van der Waals surface area contributed by atoms with Gasteiger partial charge in [-0.1, -0.05) is 36.4 Å². The summed E-state index contributed by atoms with van der Waals surface area (Å²) < 4.78 is 0. The van der Waals surface area contributed by atoms with Gasteiger partial charge in [0.2, 0.25) is 0 Å².